The van der Waals surface area contributed by atoms with Crippen molar-refractivity contribution in [3.05, 3.63) is 91.2 Å². The largest absolute Gasteiger partial charge is 3.00 e. The van der Waals surface area contributed by atoms with Gasteiger partial charge in [-0.05, 0) is 12.1 Å². The van der Waals surface area contributed by atoms with Gasteiger partial charge in [-0.3, -0.25) is 4.79 Å². The molecule has 0 saturated heterocycles. The van der Waals surface area contributed by atoms with Crippen molar-refractivity contribution >= 4 is 11.5 Å². The number of hydrogen-bond acceptors (Lipinski definition) is 1. The first kappa shape index (κ1) is 22.1. The molecule has 0 heterocycles. The minimum atomic E-state index is 0. The fraction of sp³-hybridized carbons (Fsp3) is 0. The zero-order valence-corrected chi connectivity index (χ0v) is 13.8. The minimum absolute atomic E-state index is 0. The zero-order chi connectivity index (χ0) is 16.1. The maximum Gasteiger partial charge on any atom is 3.00 e. The molecule has 0 aromatic heterocycles. The van der Waals surface area contributed by atoms with E-state index in [4.69, 9.17) is 9.30 Å². The summed E-state index contributed by atoms with van der Waals surface area (Å²) in [6, 6.07) is 18.2. The predicted molar refractivity (Wildman–Crippen MR) is 77.4 cm³/mol. The molecule has 0 spiro atoms. The van der Waals surface area contributed by atoms with E-state index in [0.717, 1.165) is 0 Å². The summed E-state index contributed by atoms with van der Waals surface area (Å²) >= 11 is 0. The number of hydrogen-bond donors (Lipinski definition) is 1. The van der Waals surface area contributed by atoms with Crippen molar-refractivity contribution in [3.63, 3.8) is 0 Å². The summed E-state index contributed by atoms with van der Waals surface area (Å²) in [6.45, 7) is 9.00. The van der Waals surface area contributed by atoms with Crippen LogP contribution in [0, 0.1) is 13.3 Å². The third kappa shape index (κ3) is 7.53. The van der Waals surface area contributed by atoms with Crippen LogP contribution in [-0.4, -0.2) is 15.7 Å². The van der Waals surface area contributed by atoms with E-state index in [-0.39, 0.29) is 31.6 Å². The Balaban J connectivity index is 0. The Morgan fingerprint density at radius 3 is 1.59 bits per heavy atom. The Labute approximate surface area is 142 Å². The molecule has 22 heavy (non-hydrogen) atoms. The van der Waals surface area contributed by atoms with Crippen molar-refractivity contribution in [2.75, 3.05) is 0 Å². The second-order valence-corrected chi connectivity index (χ2v) is 3.65. The first-order valence-corrected chi connectivity index (χ1v) is 5.75. The Morgan fingerprint density at radius 1 is 0.818 bits per heavy atom. The maximum atomic E-state index is 9.83. The van der Waals surface area contributed by atoms with Crippen LogP contribution in [0.5, 0.6) is 0 Å². The van der Waals surface area contributed by atoms with Crippen LogP contribution in [0.15, 0.2) is 66.7 Å². The first-order valence-electron chi connectivity index (χ1n) is 5.75. The monoisotopic (exact) mass is 474 g/mol. The van der Waals surface area contributed by atoms with Crippen molar-refractivity contribution in [1.82, 2.24) is 0 Å². The Kier molecular flexibility index (Phi) is 13.8. The van der Waals surface area contributed by atoms with Gasteiger partial charge in [0, 0.05) is 5.56 Å². The molecule has 0 fully saturated rings. The van der Waals surface area contributed by atoms with E-state index >= 15 is 0 Å². The third-order valence-corrected chi connectivity index (χ3v) is 2.41. The Hall–Kier alpha value is -2.22. The molecule has 110 valence electrons. The molecule has 0 aliphatic rings. The number of aliphatic hydroxyl groups is 1. The number of benzene rings is 2. The second-order valence-electron chi connectivity index (χ2n) is 3.65. The molecule has 0 atom stereocenters. The third-order valence-electron chi connectivity index (χ3n) is 2.41. The van der Waals surface area contributed by atoms with Crippen molar-refractivity contribution in [3.8, 4) is 0 Å². The van der Waals surface area contributed by atoms with Crippen LogP contribution < -0.4 is 0 Å². The fourth-order valence-corrected chi connectivity index (χ4v) is 1.51. The molecule has 0 saturated carbocycles. The topological polar surface area (TPSA) is 81.4 Å². The van der Waals surface area contributed by atoms with Crippen LogP contribution in [0.25, 0.3) is 5.76 Å². The van der Waals surface area contributed by atoms with Crippen LogP contribution in [0.3, 0.4) is 0 Å². The van der Waals surface area contributed by atoms with Crippen molar-refractivity contribution in [1.29, 1.82) is 0 Å². The molecule has 2 N–H and O–H groups in total. The Bertz CT molecular complexity index is 610. The summed E-state index contributed by atoms with van der Waals surface area (Å²) < 4.78 is 15.0. The molecule has 4 nitrogen and oxygen atoms in total. The van der Waals surface area contributed by atoms with E-state index in [1.54, 1.807) is 24.3 Å². The van der Waals surface area contributed by atoms with E-state index in [0.29, 0.717) is 11.1 Å². The van der Waals surface area contributed by atoms with Crippen LogP contribution in [0.1, 0.15) is 11.1 Å². The molecule has 2 aromatic carbocycles. The number of rotatable bonds is 3. The van der Waals surface area contributed by atoms with Gasteiger partial charge in [0.05, 0.1) is 11.6 Å². The first-order chi connectivity index (χ1) is 10.3. The second kappa shape index (κ2) is 13.7. The molecule has 0 radical (unpaired) electrons. The summed E-state index contributed by atoms with van der Waals surface area (Å²) in [5, 5.41) is 9.83. The molecule has 2 rings (SSSR count). The van der Waals surface area contributed by atoms with E-state index in [1.807, 2.05) is 36.4 Å². The fourth-order valence-electron chi connectivity index (χ4n) is 1.51. The number of allylic oxidation sites excluding steroid dienone is 1. The average molecular weight is 474 g/mol. The smallest absolute Gasteiger partial charge is 3.00 e. The summed E-state index contributed by atoms with van der Waals surface area (Å²) in [4.78, 5) is 9.83. The summed E-state index contributed by atoms with van der Waals surface area (Å²) in [6.07, 6.45) is 1.35. The van der Waals surface area contributed by atoms with Gasteiger partial charge >= 0.3 is 48.5 Å². The molecule has 0 bridgehead atoms. The number of carbonyl (C=O) groups excluding carboxylic acids is 1. The molecule has 0 amide bonds. The van der Waals surface area contributed by atoms with Gasteiger partial charge in [-0.25, -0.2) is 0 Å². The van der Waals surface area contributed by atoms with Gasteiger partial charge in [-0.2, -0.15) is 0 Å². The minimum Gasteiger partial charge on any atom is 3.00 e. The van der Waals surface area contributed by atoms with Crippen LogP contribution >= 0.6 is 0 Å². The van der Waals surface area contributed by atoms with Crippen molar-refractivity contribution < 1.29 is 39.3 Å². The van der Waals surface area contributed by atoms with E-state index in [9.17, 15) is 9.90 Å². The number of ketones is 1. The van der Waals surface area contributed by atoms with E-state index in [1.165, 1.54) is 6.08 Å². The molecule has 0 unspecified atom stereocenters. The van der Waals surface area contributed by atoms with Crippen molar-refractivity contribution in [2.45, 2.75) is 0 Å². The molecule has 0 aliphatic carbocycles. The van der Waals surface area contributed by atoms with Crippen LogP contribution in [0.4, 0.5) is 0 Å². The molecular formula is C17H13IrO4+4. The standard InChI is InChI=1S/C15H12O2.2CO.Ir/c16-14(12-7-3-1-4-8-12)11-15(17)13-9-5-2-6-10-13;2*1-2;/h1-11,16H;;;/q;;;+3/p+1/b14-11-;;;. The van der Waals surface area contributed by atoms with Gasteiger partial charge in [0.25, 0.3) is 0 Å². The van der Waals surface area contributed by atoms with E-state index < -0.39 is 0 Å². The molecule has 0 aliphatic heterocycles. The zero-order valence-electron chi connectivity index (χ0n) is 11.4. The molecular weight excluding hydrogens is 460 g/mol. The maximum absolute atomic E-state index is 9.83. The van der Waals surface area contributed by atoms with Gasteiger partial charge < -0.3 is 5.11 Å². The average Bonchev–Trinajstić information content (AvgIpc) is 2.60. The normalized spacial score (nSPS) is 8.82. The summed E-state index contributed by atoms with van der Waals surface area (Å²) in [5.41, 5.74) is 1.35. The van der Waals surface area contributed by atoms with Crippen molar-refractivity contribution in [2.24, 2.45) is 0 Å². The van der Waals surface area contributed by atoms with Gasteiger partial charge in [-0.1, -0.05) is 48.5 Å². The Morgan fingerprint density at radius 2 is 1.18 bits per heavy atom. The SMILES string of the molecule is O/C(=C\C(=[OH+])c1ccccc1)c1ccccc1.[C-]#[O+].[C-]#[O+].[Ir+3]. The molecule has 5 heteroatoms. The van der Waals surface area contributed by atoms with Gasteiger partial charge in [-0.15, -0.1) is 0 Å². The van der Waals surface area contributed by atoms with Gasteiger partial charge in [0.1, 0.15) is 5.76 Å². The summed E-state index contributed by atoms with van der Waals surface area (Å²) in [7, 11) is 0. The van der Waals surface area contributed by atoms with Gasteiger partial charge in [0.2, 0.25) is 0 Å². The van der Waals surface area contributed by atoms with Crippen LogP contribution in [0.2, 0.25) is 0 Å². The van der Waals surface area contributed by atoms with Crippen LogP contribution in [-0.2, 0) is 29.4 Å². The quantitative estimate of drug-likeness (QED) is 0.240. The van der Waals surface area contributed by atoms with E-state index in [2.05, 4.69) is 13.3 Å². The summed E-state index contributed by atoms with van der Waals surface area (Å²) in [5.74, 6) is 0.0962. The van der Waals surface area contributed by atoms with Gasteiger partial charge in [0.15, 0.2) is 0 Å². The predicted octanol–water partition coefficient (Wildman–Crippen LogP) is 3.10. The number of aliphatic hydroxyl groups excluding tert-OH is 1. The molecule has 2 aromatic rings.